The van der Waals surface area contributed by atoms with E-state index in [4.69, 9.17) is 4.74 Å². The molecule has 0 aliphatic carbocycles. The van der Waals surface area contributed by atoms with Gasteiger partial charge in [-0.05, 0) is 62.4 Å². The predicted octanol–water partition coefficient (Wildman–Crippen LogP) is 3.08. The van der Waals surface area contributed by atoms with E-state index in [1.54, 1.807) is 12.1 Å². The molecule has 3 unspecified atom stereocenters. The van der Waals surface area contributed by atoms with Crippen molar-refractivity contribution in [3.8, 4) is 0 Å². The lowest BCUT2D eigenvalue weighted by molar-refractivity contribution is 0.0807. The monoisotopic (exact) mass is 363 g/mol. The number of rotatable bonds is 7. The molecule has 3 rings (SSSR count). The SMILES string of the molecule is CCCN1CCC(CNC(=O)NC(c2ccc(F)cc2)C2CCCO2)C1. The summed E-state index contributed by atoms with van der Waals surface area (Å²) in [6, 6.07) is 5.88. The Morgan fingerprint density at radius 3 is 2.85 bits per heavy atom. The number of amides is 2. The van der Waals surface area contributed by atoms with Crippen molar-refractivity contribution in [1.29, 1.82) is 0 Å². The van der Waals surface area contributed by atoms with Crippen LogP contribution in [0.3, 0.4) is 0 Å². The van der Waals surface area contributed by atoms with Crippen LogP contribution >= 0.6 is 0 Å². The first kappa shape index (κ1) is 19.1. The summed E-state index contributed by atoms with van der Waals surface area (Å²) in [5, 5.41) is 6.06. The molecule has 0 saturated carbocycles. The minimum Gasteiger partial charge on any atom is -0.376 e. The number of likely N-dealkylation sites (tertiary alicyclic amines) is 1. The van der Waals surface area contributed by atoms with Crippen molar-refractivity contribution >= 4 is 6.03 Å². The summed E-state index contributed by atoms with van der Waals surface area (Å²) in [5.74, 6) is 0.237. The molecule has 2 aliphatic rings. The van der Waals surface area contributed by atoms with Gasteiger partial charge in [0.25, 0.3) is 0 Å². The van der Waals surface area contributed by atoms with Crippen LogP contribution in [-0.2, 0) is 4.74 Å². The Bertz CT molecular complexity index is 575. The molecular formula is C20H30FN3O2. The topological polar surface area (TPSA) is 53.6 Å². The van der Waals surface area contributed by atoms with Gasteiger partial charge in [-0.15, -0.1) is 0 Å². The third-order valence-corrected chi connectivity index (χ3v) is 5.31. The number of hydrogen-bond donors (Lipinski definition) is 2. The number of carbonyl (C=O) groups excluding carboxylic acids is 1. The second-order valence-electron chi connectivity index (χ2n) is 7.39. The van der Waals surface area contributed by atoms with Gasteiger partial charge in [0.05, 0.1) is 12.1 Å². The lowest BCUT2D eigenvalue weighted by Gasteiger charge is -2.25. The van der Waals surface area contributed by atoms with Crippen LogP contribution in [0.2, 0.25) is 0 Å². The molecule has 0 radical (unpaired) electrons. The van der Waals surface area contributed by atoms with Gasteiger partial charge in [0.1, 0.15) is 5.82 Å². The Morgan fingerprint density at radius 1 is 1.35 bits per heavy atom. The summed E-state index contributed by atoms with van der Waals surface area (Å²) in [6.45, 7) is 6.90. The summed E-state index contributed by atoms with van der Waals surface area (Å²) in [5.41, 5.74) is 0.878. The molecule has 2 aliphatic heterocycles. The average molecular weight is 363 g/mol. The smallest absolute Gasteiger partial charge is 0.315 e. The maximum atomic E-state index is 13.2. The van der Waals surface area contributed by atoms with E-state index in [1.165, 1.54) is 18.6 Å². The highest BCUT2D eigenvalue weighted by atomic mass is 19.1. The Kier molecular flexibility index (Phi) is 6.86. The third-order valence-electron chi connectivity index (χ3n) is 5.31. The van der Waals surface area contributed by atoms with E-state index < -0.39 is 0 Å². The Morgan fingerprint density at radius 2 is 2.15 bits per heavy atom. The fraction of sp³-hybridized carbons (Fsp3) is 0.650. The van der Waals surface area contributed by atoms with Gasteiger partial charge in [0.15, 0.2) is 0 Å². The molecule has 2 fully saturated rings. The second-order valence-corrected chi connectivity index (χ2v) is 7.39. The van der Waals surface area contributed by atoms with E-state index >= 15 is 0 Å². The molecule has 1 aromatic carbocycles. The van der Waals surface area contributed by atoms with Crippen LogP contribution < -0.4 is 10.6 Å². The van der Waals surface area contributed by atoms with Gasteiger partial charge in [-0.3, -0.25) is 0 Å². The highest BCUT2D eigenvalue weighted by molar-refractivity contribution is 5.74. The molecule has 0 aromatic heterocycles. The highest BCUT2D eigenvalue weighted by Gasteiger charge is 2.29. The van der Waals surface area contributed by atoms with Crippen LogP contribution in [0.1, 0.15) is 44.2 Å². The average Bonchev–Trinajstić information content (AvgIpc) is 3.31. The van der Waals surface area contributed by atoms with Gasteiger partial charge < -0.3 is 20.3 Å². The lowest BCUT2D eigenvalue weighted by Crippen LogP contribution is -2.43. The van der Waals surface area contributed by atoms with Crippen molar-refractivity contribution < 1.29 is 13.9 Å². The highest BCUT2D eigenvalue weighted by Crippen LogP contribution is 2.27. The van der Waals surface area contributed by atoms with Crippen LogP contribution in [0, 0.1) is 11.7 Å². The molecule has 5 nitrogen and oxygen atoms in total. The van der Waals surface area contributed by atoms with E-state index in [1.807, 2.05) is 0 Å². The summed E-state index contributed by atoms with van der Waals surface area (Å²) in [7, 11) is 0. The molecule has 6 heteroatoms. The first-order valence-corrected chi connectivity index (χ1v) is 9.79. The quantitative estimate of drug-likeness (QED) is 0.783. The van der Waals surface area contributed by atoms with Crippen molar-refractivity contribution in [2.75, 3.05) is 32.8 Å². The molecule has 2 N–H and O–H groups in total. The molecular weight excluding hydrogens is 333 g/mol. The van der Waals surface area contributed by atoms with Gasteiger partial charge in [-0.2, -0.15) is 0 Å². The maximum Gasteiger partial charge on any atom is 0.315 e. The van der Waals surface area contributed by atoms with Crippen molar-refractivity contribution in [2.24, 2.45) is 5.92 Å². The zero-order valence-electron chi connectivity index (χ0n) is 15.5. The summed E-state index contributed by atoms with van der Waals surface area (Å²) in [4.78, 5) is 14.9. The minimum absolute atomic E-state index is 0.0577. The van der Waals surface area contributed by atoms with Gasteiger partial charge in [0.2, 0.25) is 0 Å². The molecule has 144 valence electrons. The minimum atomic E-state index is -0.276. The summed E-state index contributed by atoms with van der Waals surface area (Å²) < 4.78 is 19.0. The Hall–Kier alpha value is -1.66. The molecule has 0 bridgehead atoms. The first-order valence-electron chi connectivity index (χ1n) is 9.79. The van der Waals surface area contributed by atoms with E-state index in [9.17, 15) is 9.18 Å². The number of hydrogen-bond acceptors (Lipinski definition) is 3. The van der Waals surface area contributed by atoms with Crippen molar-refractivity contribution in [3.05, 3.63) is 35.6 Å². The fourth-order valence-corrected chi connectivity index (χ4v) is 3.95. The summed E-state index contributed by atoms with van der Waals surface area (Å²) in [6.07, 6.45) is 4.13. The third kappa shape index (κ3) is 5.17. The normalized spacial score (nSPS) is 24.5. The molecule has 2 saturated heterocycles. The zero-order chi connectivity index (χ0) is 18.4. The van der Waals surface area contributed by atoms with Crippen molar-refractivity contribution in [3.63, 3.8) is 0 Å². The molecule has 1 aromatic rings. The van der Waals surface area contributed by atoms with E-state index in [0.717, 1.165) is 44.5 Å². The fourth-order valence-electron chi connectivity index (χ4n) is 3.95. The number of nitrogens with one attached hydrogen (secondary N) is 2. The van der Waals surface area contributed by atoms with Gasteiger partial charge in [-0.25, -0.2) is 9.18 Å². The van der Waals surface area contributed by atoms with E-state index in [0.29, 0.717) is 19.1 Å². The molecule has 2 heterocycles. The van der Waals surface area contributed by atoms with Gasteiger partial charge in [0, 0.05) is 19.7 Å². The Labute approximate surface area is 155 Å². The summed E-state index contributed by atoms with van der Waals surface area (Å²) >= 11 is 0. The van der Waals surface area contributed by atoms with Crippen LogP contribution in [0.25, 0.3) is 0 Å². The van der Waals surface area contributed by atoms with Gasteiger partial charge >= 0.3 is 6.03 Å². The van der Waals surface area contributed by atoms with E-state index in [-0.39, 0.29) is 24.0 Å². The first-order chi connectivity index (χ1) is 12.7. The second kappa shape index (κ2) is 9.33. The maximum absolute atomic E-state index is 13.2. The molecule has 3 atom stereocenters. The zero-order valence-corrected chi connectivity index (χ0v) is 15.5. The molecule has 26 heavy (non-hydrogen) atoms. The van der Waals surface area contributed by atoms with Crippen LogP contribution in [0.15, 0.2) is 24.3 Å². The standard InChI is InChI=1S/C20H30FN3O2/c1-2-10-24-11-9-15(14-24)13-22-20(25)23-19(18-4-3-12-26-18)16-5-7-17(21)8-6-16/h5-8,15,18-19H,2-4,9-14H2,1H3,(H2,22,23,25). The number of carbonyl (C=O) groups is 1. The van der Waals surface area contributed by atoms with Gasteiger partial charge in [-0.1, -0.05) is 19.1 Å². The number of urea groups is 1. The van der Waals surface area contributed by atoms with Crippen molar-refractivity contribution in [2.45, 2.75) is 44.8 Å². The van der Waals surface area contributed by atoms with Crippen LogP contribution in [-0.4, -0.2) is 49.8 Å². The molecule has 2 amide bonds. The van der Waals surface area contributed by atoms with E-state index in [2.05, 4.69) is 22.5 Å². The van der Waals surface area contributed by atoms with Crippen molar-refractivity contribution in [1.82, 2.24) is 15.5 Å². The number of ether oxygens (including phenoxy) is 1. The predicted molar refractivity (Wildman–Crippen MR) is 99.5 cm³/mol. The number of benzene rings is 1. The largest absolute Gasteiger partial charge is 0.376 e. The Balaban J connectivity index is 1.53. The van der Waals surface area contributed by atoms with Crippen LogP contribution in [0.4, 0.5) is 9.18 Å². The lowest BCUT2D eigenvalue weighted by atomic mass is 9.99. The molecule has 0 spiro atoms. The van der Waals surface area contributed by atoms with Crippen LogP contribution in [0.5, 0.6) is 0 Å². The number of nitrogens with zero attached hydrogens (tertiary/aromatic N) is 1. The number of halogens is 1.